The van der Waals surface area contributed by atoms with E-state index in [9.17, 15) is 26.4 Å². The minimum Gasteiger partial charge on any atom is -0.350 e. The van der Waals surface area contributed by atoms with Crippen molar-refractivity contribution < 1.29 is 26.4 Å². The topological polar surface area (TPSA) is 66.5 Å². The van der Waals surface area contributed by atoms with Gasteiger partial charge in [0.25, 0.3) is 0 Å². The number of nitrogens with zero attached hydrogens (tertiary/aromatic N) is 1. The zero-order valence-electron chi connectivity index (χ0n) is 15.6. The van der Waals surface area contributed by atoms with Crippen molar-refractivity contribution in [2.45, 2.75) is 32.6 Å². The maximum atomic E-state index is 12.8. The van der Waals surface area contributed by atoms with E-state index in [0.29, 0.717) is 5.69 Å². The van der Waals surface area contributed by atoms with Crippen LogP contribution >= 0.6 is 0 Å². The molecule has 0 fully saturated rings. The van der Waals surface area contributed by atoms with Gasteiger partial charge in [0.15, 0.2) is 0 Å². The summed E-state index contributed by atoms with van der Waals surface area (Å²) in [6.45, 7) is 3.06. The average Bonchev–Trinajstić information content (AvgIpc) is 2.58. The summed E-state index contributed by atoms with van der Waals surface area (Å²) in [5.74, 6) is -0.621. The van der Waals surface area contributed by atoms with E-state index in [2.05, 4.69) is 5.32 Å². The number of nitrogens with one attached hydrogen (secondary N) is 1. The van der Waals surface area contributed by atoms with Gasteiger partial charge in [-0.3, -0.25) is 9.10 Å². The summed E-state index contributed by atoms with van der Waals surface area (Å²) in [5, 5.41) is 2.50. The Labute approximate surface area is 162 Å². The van der Waals surface area contributed by atoms with Crippen LogP contribution in [-0.2, 0) is 27.5 Å². The molecule has 0 aliphatic carbocycles. The van der Waals surface area contributed by atoms with Gasteiger partial charge in [0.2, 0.25) is 15.9 Å². The van der Waals surface area contributed by atoms with Crippen LogP contribution in [0.4, 0.5) is 18.9 Å². The van der Waals surface area contributed by atoms with Crippen LogP contribution < -0.4 is 9.62 Å². The first kappa shape index (κ1) is 21.7. The van der Waals surface area contributed by atoms with Gasteiger partial charge in [-0.05, 0) is 49.2 Å². The average molecular weight is 414 g/mol. The van der Waals surface area contributed by atoms with Gasteiger partial charge >= 0.3 is 6.18 Å². The Morgan fingerprint density at radius 2 is 1.79 bits per heavy atom. The normalized spacial score (nSPS) is 13.1. The second-order valence-electron chi connectivity index (χ2n) is 6.49. The predicted octanol–water partition coefficient (Wildman–Crippen LogP) is 3.48. The van der Waals surface area contributed by atoms with E-state index in [1.807, 2.05) is 0 Å². The summed E-state index contributed by atoms with van der Waals surface area (Å²) in [7, 11) is -3.76. The molecule has 0 unspecified atom stereocenters. The highest BCUT2D eigenvalue weighted by atomic mass is 32.2. The summed E-state index contributed by atoms with van der Waals surface area (Å²) >= 11 is 0. The highest BCUT2D eigenvalue weighted by Crippen LogP contribution is 2.29. The van der Waals surface area contributed by atoms with Gasteiger partial charge in [-0.2, -0.15) is 13.2 Å². The number of sulfonamides is 1. The Morgan fingerprint density at radius 1 is 1.14 bits per heavy atom. The van der Waals surface area contributed by atoms with Crippen molar-refractivity contribution in [2.75, 3.05) is 10.6 Å². The van der Waals surface area contributed by atoms with Crippen LogP contribution in [0.15, 0.2) is 48.5 Å². The lowest BCUT2D eigenvalue weighted by Crippen LogP contribution is -2.47. The molecule has 0 aliphatic heterocycles. The maximum Gasteiger partial charge on any atom is 0.416 e. The number of hydrogen-bond acceptors (Lipinski definition) is 3. The minimum atomic E-state index is -4.48. The molecule has 5 nitrogen and oxygen atoms in total. The summed E-state index contributed by atoms with van der Waals surface area (Å²) in [5.41, 5.74) is 0.605. The van der Waals surface area contributed by atoms with Gasteiger partial charge in [0.05, 0.1) is 17.5 Å². The van der Waals surface area contributed by atoms with E-state index >= 15 is 0 Å². The molecule has 0 heterocycles. The second kappa shape index (κ2) is 8.22. The largest absolute Gasteiger partial charge is 0.416 e. The molecule has 9 heteroatoms. The molecule has 0 bridgehead atoms. The number of hydrogen-bond donors (Lipinski definition) is 1. The number of carbonyl (C=O) groups is 1. The van der Waals surface area contributed by atoms with Crippen LogP contribution in [0.25, 0.3) is 0 Å². The highest BCUT2D eigenvalue weighted by molar-refractivity contribution is 7.92. The van der Waals surface area contributed by atoms with Gasteiger partial charge in [0, 0.05) is 6.54 Å². The van der Waals surface area contributed by atoms with E-state index in [0.717, 1.165) is 28.3 Å². The lowest BCUT2D eigenvalue weighted by atomic mass is 10.1. The van der Waals surface area contributed by atoms with Crippen molar-refractivity contribution in [2.24, 2.45) is 0 Å². The number of amides is 1. The van der Waals surface area contributed by atoms with Gasteiger partial charge in [-0.15, -0.1) is 0 Å². The fourth-order valence-electron chi connectivity index (χ4n) is 2.77. The Bertz CT molecular complexity index is 959. The van der Waals surface area contributed by atoms with Gasteiger partial charge < -0.3 is 5.32 Å². The molecule has 2 aromatic rings. The molecule has 0 aromatic heterocycles. The highest BCUT2D eigenvalue weighted by Gasteiger charge is 2.31. The predicted molar refractivity (Wildman–Crippen MR) is 101 cm³/mol. The molecular weight excluding hydrogens is 393 g/mol. The van der Waals surface area contributed by atoms with Crippen molar-refractivity contribution in [1.82, 2.24) is 5.32 Å². The number of rotatable bonds is 6. The molecule has 1 amide bonds. The lowest BCUT2D eigenvalue weighted by molar-refractivity contribution is -0.137. The van der Waals surface area contributed by atoms with E-state index in [-0.39, 0.29) is 12.1 Å². The van der Waals surface area contributed by atoms with Crippen molar-refractivity contribution in [3.63, 3.8) is 0 Å². The molecule has 1 N–H and O–H groups in total. The fraction of sp³-hybridized carbons (Fsp3) is 0.316. The molecule has 0 spiro atoms. The Kier molecular flexibility index (Phi) is 6.38. The quantitative estimate of drug-likeness (QED) is 0.787. The van der Waals surface area contributed by atoms with Crippen LogP contribution in [0.1, 0.15) is 23.6 Å². The van der Waals surface area contributed by atoms with Crippen molar-refractivity contribution in [1.29, 1.82) is 0 Å². The smallest absolute Gasteiger partial charge is 0.350 e. The number of halogens is 3. The molecule has 2 rings (SSSR count). The minimum absolute atomic E-state index is 0.154. The molecule has 0 radical (unpaired) electrons. The Morgan fingerprint density at radius 3 is 2.36 bits per heavy atom. The van der Waals surface area contributed by atoms with Gasteiger partial charge in [0.1, 0.15) is 6.04 Å². The second-order valence-corrected chi connectivity index (χ2v) is 8.35. The van der Waals surface area contributed by atoms with Gasteiger partial charge in [-0.1, -0.05) is 24.3 Å². The molecule has 28 heavy (non-hydrogen) atoms. The van der Waals surface area contributed by atoms with Crippen LogP contribution in [0.2, 0.25) is 0 Å². The Hall–Kier alpha value is -2.55. The maximum absolute atomic E-state index is 12.8. The molecule has 0 saturated heterocycles. The van der Waals surface area contributed by atoms with Crippen LogP contribution in [0.5, 0.6) is 0 Å². The third-order valence-corrected chi connectivity index (χ3v) is 5.31. The molecular formula is C19H21F3N2O3S. The first-order valence-electron chi connectivity index (χ1n) is 8.39. The van der Waals surface area contributed by atoms with Crippen molar-refractivity contribution >= 4 is 21.6 Å². The first-order valence-corrected chi connectivity index (χ1v) is 10.2. The summed E-state index contributed by atoms with van der Waals surface area (Å²) in [6, 6.07) is 10.2. The molecule has 0 aliphatic rings. The zero-order chi connectivity index (χ0) is 21.1. The summed E-state index contributed by atoms with van der Waals surface area (Å²) in [4.78, 5) is 12.5. The number of anilines is 1. The van der Waals surface area contributed by atoms with Crippen molar-refractivity contribution in [3.05, 3.63) is 65.2 Å². The summed E-state index contributed by atoms with van der Waals surface area (Å²) < 4.78 is 63.8. The molecule has 152 valence electrons. The van der Waals surface area contributed by atoms with Gasteiger partial charge in [-0.25, -0.2) is 8.42 Å². The summed E-state index contributed by atoms with van der Waals surface area (Å²) in [6.07, 6.45) is -3.49. The van der Waals surface area contributed by atoms with Crippen LogP contribution in [0.3, 0.4) is 0 Å². The van der Waals surface area contributed by atoms with E-state index in [1.54, 1.807) is 31.2 Å². The molecule has 2 aromatic carbocycles. The van der Waals surface area contributed by atoms with E-state index in [4.69, 9.17) is 0 Å². The number of aryl methyl sites for hydroxylation is 1. The third kappa shape index (κ3) is 5.48. The SMILES string of the molecule is Cc1cccc(N([C@@H](C)C(=O)NCc2cccc(C(F)(F)F)c2)S(C)(=O)=O)c1. The van der Waals surface area contributed by atoms with Crippen LogP contribution in [-0.4, -0.2) is 26.6 Å². The molecule has 0 saturated carbocycles. The standard InChI is InChI=1S/C19H21F3N2O3S/c1-13-6-4-9-17(10-13)24(28(3,26)27)14(2)18(25)23-12-15-7-5-8-16(11-15)19(20,21)22/h4-11,14H,12H2,1-3H3,(H,23,25)/t14-/m0/s1. The van der Waals surface area contributed by atoms with E-state index < -0.39 is 33.7 Å². The fourth-order valence-corrected chi connectivity index (χ4v) is 3.94. The first-order chi connectivity index (χ1) is 12.9. The Balaban J connectivity index is 2.18. The monoisotopic (exact) mass is 414 g/mol. The molecule has 1 atom stereocenters. The lowest BCUT2D eigenvalue weighted by Gasteiger charge is -2.28. The van der Waals surface area contributed by atoms with Crippen LogP contribution in [0, 0.1) is 6.92 Å². The zero-order valence-corrected chi connectivity index (χ0v) is 16.4. The van der Waals surface area contributed by atoms with E-state index in [1.165, 1.54) is 19.1 Å². The number of benzene rings is 2. The van der Waals surface area contributed by atoms with Crippen molar-refractivity contribution in [3.8, 4) is 0 Å². The third-order valence-electron chi connectivity index (χ3n) is 4.07. The number of carbonyl (C=O) groups excluding carboxylic acids is 1. The number of alkyl halides is 3.